The third-order valence-corrected chi connectivity index (χ3v) is 3.90. The van der Waals surface area contributed by atoms with E-state index >= 15 is 0 Å². The normalized spacial score (nSPS) is 13.3. The molecule has 0 aromatic heterocycles. The molecular weight excluding hydrogens is 359 g/mol. The molecule has 0 spiro atoms. The van der Waals surface area contributed by atoms with Gasteiger partial charge in [-0.05, 0) is 53.8 Å². The standard InChI is InChI=1S/C9H11IN2O4S/c1-6(9(13)14)11-12-17(15,16)8-4-2-7(10)3-5-8/h2-6,11-12H,1H3,(H,13,14)/t6-/m0/s1. The zero-order valence-electron chi connectivity index (χ0n) is 8.84. The maximum absolute atomic E-state index is 11.7. The largest absolute Gasteiger partial charge is 0.480 e. The Labute approximate surface area is 113 Å². The number of carboxylic acids is 1. The molecule has 0 saturated carbocycles. The number of aliphatic carboxylic acids is 1. The summed E-state index contributed by atoms with van der Waals surface area (Å²) in [7, 11) is -3.73. The third-order valence-electron chi connectivity index (χ3n) is 1.90. The lowest BCUT2D eigenvalue weighted by Crippen LogP contribution is -2.46. The summed E-state index contributed by atoms with van der Waals surface area (Å²) < 4.78 is 24.3. The first-order valence-electron chi connectivity index (χ1n) is 4.58. The molecule has 0 aliphatic heterocycles. The average molecular weight is 370 g/mol. The molecule has 8 heteroatoms. The Hall–Kier alpha value is -0.710. The predicted octanol–water partition coefficient (Wildman–Crippen LogP) is 0.547. The van der Waals surface area contributed by atoms with E-state index in [1.165, 1.54) is 19.1 Å². The smallest absolute Gasteiger partial charge is 0.321 e. The molecule has 17 heavy (non-hydrogen) atoms. The van der Waals surface area contributed by atoms with Gasteiger partial charge in [-0.1, -0.05) is 0 Å². The lowest BCUT2D eigenvalue weighted by molar-refractivity contribution is -0.139. The summed E-state index contributed by atoms with van der Waals surface area (Å²) in [6, 6.07) is 5.17. The first-order valence-corrected chi connectivity index (χ1v) is 7.15. The van der Waals surface area contributed by atoms with Crippen LogP contribution in [0.25, 0.3) is 0 Å². The van der Waals surface area contributed by atoms with Crippen LogP contribution in [0.3, 0.4) is 0 Å². The zero-order chi connectivity index (χ0) is 13.1. The van der Waals surface area contributed by atoms with E-state index in [0.717, 1.165) is 3.57 Å². The molecule has 0 aliphatic rings. The van der Waals surface area contributed by atoms with E-state index in [1.807, 2.05) is 4.83 Å². The molecule has 3 N–H and O–H groups in total. The SMILES string of the molecule is C[C@H](NNS(=O)(=O)c1ccc(I)cc1)C(=O)O. The Morgan fingerprint density at radius 3 is 2.35 bits per heavy atom. The van der Waals surface area contributed by atoms with Crippen LogP contribution in [-0.4, -0.2) is 25.5 Å². The van der Waals surface area contributed by atoms with Gasteiger partial charge in [0, 0.05) is 3.57 Å². The molecule has 1 rings (SSSR count). The maximum atomic E-state index is 11.7. The van der Waals surface area contributed by atoms with Crippen molar-refractivity contribution in [3.05, 3.63) is 27.8 Å². The number of rotatable bonds is 5. The van der Waals surface area contributed by atoms with Crippen molar-refractivity contribution in [2.75, 3.05) is 0 Å². The fourth-order valence-corrected chi connectivity index (χ4v) is 2.20. The van der Waals surface area contributed by atoms with Crippen LogP contribution in [-0.2, 0) is 14.8 Å². The van der Waals surface area contributed by atoms with Crippen LogP contribution in [0.4, 0.5) is 0 Å². The summed E-state index contributed by atoms with van der Waals surface area (Å²) in [5.41, 5.74) is 2.20. The summed E-state index contributed by atoms with van der Waals surface area (Å²) in [4.78, 5) is 12.6. The Morgan fingerprint density at radius 1 is 1.35 bits per heavy atom. The number of hydrogen-bond acceptors (Lipinski definition) is 4. The van der Waals surface area contributed by atoms with Gasteiger partial charge in [0.05, 0.1) is 4.90 Å². The van der Waals surface area contributed by atoms with E-state index in [9.17, 15) is 13.2 Å². The second kappa shape index (κ2) is 5.76. The number of hydrazine groups is 1. The van der Waals surface area contributed by atoms with Crippen LogP contribution in [0.2, 0.25) is 0 Å². The van der Waals surface area contributed by atoms with Gasteiger partial charge < -0.3 is 5.11 Å². The molecule has 6 nitrogen and oxygen atoms in total. The van der Waals surface area contributed by atoms with Crippen LogP contribution < -0.4 is 10.3 Å². The minimum absolute atomic E-state index is 0.0722. The lowest BCUT2D eigenvalue weighted by Gasteiger charge is -2.11. The number of benzene rings is 1. The molecule has 1 aromatic carbocycles. The van der Waals surface area contributed by atoms with Crippen LogP contribution in [0.1, 0.15) is 6.92 Å². The molecule has 0 fully saturated rings. The van der Waals surface area contributed by atoms with Gasteiger partial charge in [0.25, 0.3) is 10.0 Å². The van der Waals surface area contributed by atoms with Crippen molar-refractivity contribution in [2.45, 2.75) is 17.9 Å². The zero-order valence-corrected chi connectivity index (χ0v) is 11.8. The molecule has 1 atom stereocenters. The van der Waals surface area contributed by atoms with Gasteiger partial charge in [0.2, 0.25) is 0 Å². The molecule has 0 unspecified atom stereocenters. The van der Waals surface area contributed by atoms with E-state index in [0.29, 0.717) is 0 Å². The fourth-order valence-electron chi connectivity index (χ4n) is 0.900. The van der Waals surface area contributed by atoms with Gasteiger partial charge >= 0.3 is 5.97 Å². The van der Waals surface area contributed by atoms with Gasteiger partial charge in [-0.3, -0.25) is 4.79 Å². The predicted molar refractivity (Wildman–Crippen MR) is 69.7 cm³/mol. The van der Waals surface area contributed by atoms with Crippen LogP contribution in [0, 0.1) is 3.57 Å². The van der Waals surface area contributed by atoms with Gasteiger partial charge in [-0.25, -0.2) is 13.8 Å². The number of halogens is 1. The quantitative estimate of drug-likeness (QED) is 0.520. The Morgan fingerprint density at radius 2 is 1.88 bits per heavy atom. The Bertz CT molecular complexity index is 500. The van der Waals surface area contributed by atoms with Crippen molar-refractivity contribution in [1.29, 1.82) is 0 Å². The highest BCUT2D eigenvalue weighted by molar-refractivity contribution is 14.1. The van der Waals surface area contributed by atoms with Crippen LogP contribution >= 0.6 is 22.6 Å². The molecule has 0 saturated heterocycles. The fraction of sp³-hybridized carbons (Fsp3) is 0.222. The molecule has 0 heterocycles. The van der Waals surface area contributed by atoms with E-state index in [1.54, 1.807) is 12.1 Å². The van der Waals surface area contributed by atoms with Crippen molar-refractivity contribution >= 4 is 38.6 Å². The molecule has 94 valence electrons. The summed E-state index contributed by atoms with van der Waals surface area (Å²) >= 11 is 2.06. The molecule has 0 radical (unpaired) electrons. The highest BCUT2D eigenvalue weighted by Crippen LogP contribution is 2.11. The second-order valence-corrected chi connectivity index (χ2v) is 6.19. The summed E-state index contributed by atoms with van der Waals surface area (Å²) in [6.45, 7) is 1.33. The van der Waals surface area contributed by atoms with Gasteiger partial charge in [-0.15, -0.1) is 4.83 Å². The maximum Gasteiger partial charge on any atom is 0.321 e. The first-order chi connectivity index (χ1) is 7.83. The van der Waals surface area contributed by atoms with Gasteiger partial charge in [0.15, 0.2) is 0 Å². The number of carboxylic acid groups (broad SMARTS) is 1. The number of sulfonamides is 1. The number of carbonyl (C=O) groups is 1. The van der Waals surface area contributed by atoms with E-state index in [2.05, 4.69) is 28.0 Å². The van der Waals surface area contributed by atoms with Crippen molar-refractivity contribution < 1.29 is 18.3 Å². The van der Waals surface area contributed by atoms with Crippen molar-refractivity contribution in [3.8, 4) is 0 Å². The van der Waals surface area contributed by atoms with Crippen molar-refractivity contribution in [3.63, 3.8) is 0 Å². The van der Waals surface area contributed by atoms with Crippen molar-refractivity contribution in [2.24, 2.45) is 0 Å². The number of hydrogen-bond donors (Lipinski definition) is 3. The van der Waals surface area contributed by atoms with Crippen molar-refractivity contribution in [1.82, 2.24) is 10.3 Å². The second-order valence-electron chi connectivity index (χ2n) is 3.26. The Balaban J connectivity index is 2.76. The first kappa shape index (κ1) is 14.4. The molecular formula is C9H11IN2O4S. The molecule has 0 amide bonds. The Kier molecular flexibility index (Phi) is 4.86. The minimum Gasteiger partial charge on any atom is -0.480 e. The van der Waals surface area contributed by atoms with E-state index in [-0.39, 0.29) is 4.90 Å². The molecule has 1 aromatic rings. The average Bonchev–Trinajstić information content (AvgIpc) is 2.26. The van der Waals surface area contributed by atoms with Gasteiger partial charge in [0.1, 0.15) is 6.04 Å². The van der Waals surface area contributed by atoms with E-state index < -0.39 is 22.0 Å². The summed E-state index contributed by atoms with van der Waals surface area (Å²) in [6.07, 6.45) is 0. The topological polar surface area (TPSA) is 95.5 Å². The monoisotopic (exact) mass is 370 g/mol. The van der Waals surface area contributed by atoms with Crippen LogP contribution in [0.15, 0.2) is 29.2 Å². The summed E-state index contributed by atoms with van der Waals surface area (Å²) in [5.74, 6) is -1.14. The highest BCUT2D eigenvalue weighted by Gasteiger charge is 2.17. The molecule has 0 bridgehead atoms. The lowest BCUT2D eigenvalue weighted by atomic mass is 10.4. The minimum atomic E-state index is -3.73. The highest BCUT2D eigenvalue weighted by atomic mass is 127. The van der Waals surface area contributed by atoms with E-state index in [4.69, 9.17) is 5.11 Å². The summed E-state index contributed by atoms with van der Waals surface area (Å²) in [5, 5.41) is 8.59. The molecule has 0 aliphatic carbocycles. The van der Waals surface area contributed by atoms with Crippen LogP contribution in [0.5, 0.6) is 0 Å². The number of nitrogens with one attached hydrogen (secondary N) is 2. The van der Waals surface area contributed by atoms with Gasteiger partial charge in [-0.2, -0.15) is 0 Å². The third kappa shape index (κ3) is 4.22.